The summed E-state index contributed by atoms with van der Waals surface area (Å²) in [5, 5.41) is 4.16. The monoisotopic (exact) mass is 307 g/mol. The summed E-state index contributed by atoms with van der Waals surface area (Å²) in [5.74, 6) is -0.430. The van der Waals surface area contributed by atoms with E-state index in [4.69, 9.17) is 4.42 Å². The standard InChI is InChI=1S/C13H13N3O4S/c1-21(18,19)15-16-12(9-6-7-20-8-9)14-11-5-3-2-4-10(11)13(16)17/h2-8,12,14-15H,1H3. The lowest BCUT2D eigenvalue weighted by Gasteiger charge is -2.36. The molecule has 1 atom stereocenters. The zero-order valence-electron chi connectivity index (χ0n) is 11.1. The minimum absolute atomic E-state index is 0.397. The van der Waals surface area contributed by atoms with Gasteiger partial charge in [0.2, 0.25) is 10.0 Å². The molecule has 3 rings (SSSR count). The minimum atomic E-state index is -3.60. The van der Waals surface area contributed by atoms with Crippen molar-refractivity contribution < 1.29 is 17.6 Å². The Balaban J connectivity index is 2.07. The number of furan rings is 1. The molecule has 1 unspecified atom stereocenters. The molecule has 1 aliphatic heterocycles. The number of fused-ring (bicyclic) bond motifs is 1. The first kappa shape index (κ1) is 13.7. The van der Waals surface area contributed by atoms with Crippen LogP contribution >= 0.6 is 0 Å². The van der Waals surface area contributed by atoms with E-state index in [2.05, 4.69) is 10.1 Å². The summed E-state index contributed by atoms with van der Waals surface area (Å²) in [4.78, 5) is 14.8. The quantitative estimate of drug-likeness (QED) is 0.892. The Kier molecular flexibility index (Phi) is 3.19. The summed E-state index contributed by atoms with van der Waals surface area (Å²) in [6.07, 6.45) is 3.23. The van der Waals surface area contributed by atoms with Crippen LogP contribution in [0.15, 0.2) is 47.3 Å². The number of para-hydroxylation sites is 1. The Morgan fingerprint density at radius 1 is 1.29 bits per heavy atom. The fourth-order valence-corrected chi connectivity index (χ4v) is 2.74. The first-order chi connectivity index (χ1) is 9.96. The molecule has 1 amide bonds. The van der Waals surface area contributed by atoms with E-state index < -0.39 is 22.1 Å². The maximum atomic E-state index is 12.5. The number of rotatable bonds is 3. The van der Waals surface area contributed by atoms with Crippen molar-refractivity contribution in [1.29, 1.82) is 0 Å². The van der Waals surface area contributed by atoms with Gasteiger partial charge in [0.25, 0.3) is 5.91 Å². The first-order valence-electron chi connectivity index (χ1n) is 6.14. The summed E-state index contributed by atoms with van der Waals surface area (Å²) in [7, 11) is -3.60. The van der Waals surface area contributed by atoms with Crippen LogP contribution in [0.3, 0.4) is 0 Å². The zero-order chi connectivity index (χ0) is 15.0. The first-order valence-corrected chi connectivity index (χ1v) is 8.03. The van der Waals surface area contributed by atoms with Crippen molar-refractivity contribution in [1.82, 2.24) is 9.84 Å². The normalized spacial score (nSPS) is 18.2. The lowest BCUT2D eigenvalue weighted by atomic mass is 10.1. The molecule has 0 saturated carbocycles. The molecule has 1 aromatic heterocycles. The Bertz CT molecular complexity index is 770. The Hall–Kier alpha value is -2.32. The van der Waals surface area contributed by atoms with Crippen molar-refractivity contribution in [2.45, 2.75) is 6.17 Å². The van der Waals surface area contributed by atoms with Crippen LogP contribution < -0.4 is 10.1 Å². The summed E-state index contributed by atoms with van der Waals surface area (Å²) in [6, 6.07) is 8.57. The zero-order valence-corrected chi connectivity index (χ0v) is 11.9. The highest BCUT2D eigenvalue weighted by atomic mass is 32.2. The van der Waals surface area contributed by atoms with Gasteiger partial charge in [0.1, 0.15) is 6.17 Å². The number of carbonyl (C=O) groups excluding carboxylic acids is 1. The van der Waals surface area contributed by atoms with Gasteiger partial charge < -0.3 is 9.73 Å². The van der Waals surface area contributed by atoms with E-state index >= 15 is 0 Å². The van der Waals surface area contributed by atoms with Crippen molar-refractivity contribution in [2.75, 3.05) is 11.6 Å². The van der Waals surface area contributed by atoms with Gasteiger partial charge >= 0.3 is 0 Å². The number of hydrazine groups is 1. The second-order valence-electron chi connectivity index (χ2n) is 4.69. The number of benzene rings is 1. The van der Waals surface area contributed by atoms with E-state index in [1.54, 1.807) is 30.3 Å². The number of hydrogen-bond donors (Lipinski definition) is 2. The maximum absolute atomic E-state index is 12.5. The smallest absolute Gasteiger partial charge is 0.273 e. The topological polar surface area (TPSA) is 91.7 Å². The molecular weight excluding hydrogens is 294 g/mol. The molecule has 2 heterocycles. The van der Waals surface area contributed by atoms with Crippen molar-refractivity contribution in [2.24, 2.45) is 0 Å². The fourth-order valence-electron chi connectivity index (χ4n) is 2.19. The van der Waals surface area contributed by atoms with E-state index in [1.807, 2.05) is 0 Å². The molecule has 110 valence electrons. The molecule has 21 heavy (non-hydrogen) atoms. The molecule has 2 aromatic rings. The minimum Gasteiger partial charge on any atom is -0.472 e. The molecule has 0 saturated heterocycles. The van der Waals surface area contributed by atoms with Crippen LogP contribution in [0.5, 0.6) is 0 Å². The number of nitrogens with zero attached hydrogens (tertiary/aromatic N) is 1. The van der Waals surface area contributed by atoms with Gasteiger partial charge in [-0.3, -0.25) is 4.79 Å². The fraction of sp³-hybridized carbons (Fsp3) is 0.154. The van der Waals surface area contributed by atoms with Crippen LogP contribution in [0, 0.1) is 0 Å². The van der Waals surface area contributed by atoms with Gasteiger partial charge in [-0.05, 0) is 18.2 Å². The molecular formula is C13H13N3O4S. The molecule has 0 spiro atoms. The summed E-state index contributed by atoms with van der Waals surface area (Å²) in [5.41, 5.74) is 1.67. The van der Waals surface area contributed by atoms with Crippen LogP contribution in [-0.4, -0.2) is 25.6 Å². The van der Waals surface area contributed by atoms with Gasteiger partial charge in [-0.25, -0.2) is 13.4 Å². The van der Waals surface area contributed by atoms with Crippen molar-refractivity contribution in [3.63, 3.8) is 0 Å². The average Bonchev–Trinajstić information content (AvgIpc) is 2.94. The number of amides is 1. The number of nitrogens with one attached hydrogen (secondary N) is 2. The van der Waals surface area contributed by atoms with E-state index in [0.29, 0.717) is 16.8 Å². The Labute approximate surface area is 121 Å². The van der Waals surface area contributed by atoms with Gasteiger partial charge in [-0.1, -0.05) is 12.1 Å². The number of sulfonamides is 1. The Morgan fingerprint density at radius 2 is 2.05 bits per heavy atom. The Morgan fingerprint density at radius 3 is 2.71 bits per heavy atom. The molecule has 7 nitrogen and oxygen atoms in total. The van der Waals surface area contributed by atoms with E-state index in [0.717, 1.165) is 11.3 Å². The van der Waals surface area contributed by atoms with Gasteiger partial charge in [0.05, 0.1) is 24.3 Å². The summed E-state index contributed by atoms with van der Waals surface area (Å²) >= 11 is 0. The third-order valence-corrected chi connectivity index (χ3v) is 3.58. The molecule has 1 aromatic carbocycles. The molecule has 0 bridgehead atoms. The molecule has 8 heteroatoms. The number of hydrogen-bond acceptors (Lipinski definition) is 5. The van der Waals surface area contributed by atoms with Crippen LogP contribution in [0.4, 0.5) is 5.69 Å². The van der Waals surface area contributed by atoms with Crippen LogP contribution in [0.25, 0.3) is 0 Å². The molecule has 2 N–H and O–H groups in total. The maximum Gasteiger partial charge on any atom is 0.273 e. The molecule has 0 radical (unpaired) electrons. The highest BCUT2D eigenvalue weighted by Gasteiger charge is 2.35. The second kappa shape index (κ2) is 4.90. The highest BCUT2D eigenvalue weighted by molar-refractivity contribution is 7.88. The van der Waals surface area contributed by atoms with E-state index in [-0.39, 0.29) is 0 Å². The predicted octanol–water partition coefficient (Wildman–Crippen LogP) is 1.31. The van der Waals surface area contributed by atoms with Crippen LogP contribution in [0.2, 0.25) is 0 Å². The third kappa shape index (κ3) is 2.63. The van der Waals surface area contributed by atoms with Crippen LogP contribution in [0.1, 0.15) is 22.1 Å². The molecule has 1 aliphatic rings. The lowest BCUT2D eigenvalue weighted by molar-refractivity contribution is 0.0633. The lowest BCUT2D eigenvalue weighted by Crippen LogP contribution is -2.52. The summed E-state index contributed by atoms with van der Waals surface area (Å²) < 4.78 is 28.0. The van der Waals surface area contributed by atoms with E-state index in [9.17, 15) is 13.2 Å². The molecule has 0 fully saturated rings. The van der Waals surface area contributed by atoms with Gasteiger partial charge in [-0.2, -0.15) is 0 Å². The van der Waals surface area contributed by atoms with Crippen molar-refractivity contribution in [3.05, 3.63) is 54.0 Å². The largest absolute Gasteiger partial charge is 0.472 e. The predicted molar refractivity (Wildman–Crippen MR) is 75.7 cm³/mol. The second-order valence-corrected chi connectivity index (χ2v) is 6.41. The van der Waals surface area contributed by atoms with Crippen molar-refractivity contribution in [3.8, 4) is 0 Å². The number of carbonyl (C=O) groups is 1. The average molecular weight is 307 g/mol. The highest BCUT2D eigenvalue weighted by Crippen LogP contribution is 2.32. The van der Waals surface area contributed by atoms with E-state index in [1.165, 1.54) is 12.5 Å². The van der Waals surface area contributed by atoms with Crippen molar-refractivity contribution >= 4 is 21.6 Å². The number of anilines is 1. The van der Waals surface area contributed by atoms with Crippen LogP contribution in [-0.2, 0) is 10.0 Å². The van der Waals surface area contributed by atoms with Gasteiger partial charge in [0, 0.05) is 11.3 Å². The van der Waals surface area contributed by atoms with Gasteiger partial charge in [0.15, 0.2) is 0 Å². The SMILES string of the molecule is CS(=O)(=O)NN1C(=O)c2ccccc2NC1c1ccoc1. The van der Waals surface area contributed by atoms with Gasteiger partial charge in [-0.15, -0.1) is 4.83 Å². The summed E-state index contributed by atoms with van der Waals surface area (Å²) in [6.45, 7) is 0. The molecule has 0 aliphatic carbocycles. The third-order valence-electron chi connectivity index (χ3n) is 3.05.